The fourth-order valence-corrected chi connectivity index (χ4v) is 3.44. The molecule has 6 nitrogen and oxygen atoms in total. The van der Waals surface area contributed by atoms with Gasteiger partial charge < -0.3 is 9.72 Å². The van der Waals surface area contributed by atoms with Crippen LogP contribution in [0, 0.1) is 13.8 Å². The van der Waals surface area contributed by atoms with Gasteiger partial charge >= 0.3 is 0 Å². The van der Waals surface area contributed by atoms with Crippen molar-refractivity contribution in [2.45, 2.75) is 25.7 Å². The maximum Gasteiger partial charge on any atom is 0.272 e. The van der Waals surface area contributed by atoms with E-state index in [1.807, 2.05) is 6.92 Å². The summed E-state index contributed by atoms with van der Waals surface area (Å²) >= 11 is 0. The maximum absolute atomic E-state index is 12.5. The second kappa shape index (κ2) is 6.23. The normalized spacial score (nSPS) is 11.2. The van der Waals surface area contributed by atoms with E-state index >= 15 is 0 Å². The smallest absolute Gasteiger partial charge is 0.272 e. The highest BCUT2D eigenvalue weighted by Gasteiger charge is 2.20. The second-order valence-corrected chi connectivity index (χ2v) is 6.49. The third kappa shape index (κ3) is 3.30. The SMILES string of the molecule is CCOc1cc(C)c(S(=O)(=O)Nc2ccc[nH]c2=O)cc1C. The summed E-state index contributed by atoms with van der Waals surface area (Å²) < 4.78 is 32.7. The van der Waals surface area contributed by atoms with Crippen LogP contribution in [-0.4, -0.2) is 20.0 Å². The van der Waals surface area contributed by atoms with Crippen molar-refractivity contribution in [3.8, 4) is 5.75 Å². The molecule has 7 heteroatoms. The third-order valence-corrected chi connectivity index (χ3v) is 4.63. The highest BCUT2D eigenvalue weighted by molar-refractivity contribution is 7.92. The van der Waals surface area contributed by atoms with Gasteiger partial charge in [0, 0.05) is 6.20 Å². The van der Waals surface area contributed by atoms with Crippen LogP contribution in [0.2, 0.25) is 0 Å². The Morgan fingerprint density at radius 3 is 2.59 bits per heavy atom. The number of hydrogen-bond acceptors (Lipinski definition) is 4. The lowest BCUT2D eigenvalue weighted by molar-refractivity contribution is 0.337. The Morgan fingerprint density at radius 2 is 1.95 bits per heavy atom. The van der Waals surface area contributed by atoms with Gasteiger partial charge in [-0.2, -0.15) is 0 Å². The topological polar surface area (TPSA) is 88.3 Å². The monoisotopic (exact) mass is 322 g/mol. The standard InChI is InChI=1S/C15H18N2O4S/c1-4-21-13-8-11(3)14(9-10(13)2)22(19,20)17-12-6-5-7-16-15(12)18/h5-9,17H,4H2,1-3H3,(H,16,18). The van der Waals surface area contributed by atoms with Gasteiger partial charge in [0.25, 0.3) is 15.6 Å². The molecule has 0 amide bonds. The fraction of sp³-hybridized carbons (Fsp3) is 0.267. The highest BCUT2D eigenvalue weighted by atomic mass is 32.2. The van der Waals surface area contributed by atoms with Crippen molar-refractivity contribution in [1.82, 2.24) is 4.98 Å². The van der Waals surface area contributed by atoms with E-state index in [0.717, 1.165) is 5.56 Å². The quantitative estimate of drug-likeness (QED) is 0.883. The molecular weight excluding hydrogens is 304 g/mol. The number of aryl methyl sites for hydroxylation is 2. The van der Waals surface area contributed by atoms with Gasteiger partial charge in [-0.25, -0.2) is 8.42 Å². The lowest BCUT2D eigenvalue weighted by atomic mass is 10.1. The van der Waals surface area contributed by atoms with Gasteiger partial charge in [0.1, 0.15) is 11.4 Å². The first-order chi connectivity index (χ1) is 10.3. The average Bonchev–Trinajstić information content (AvgIpc) is 2.45. The molecule has 0 aliphatic heterocycles. The summed E-state index contributed by atoms with van der Waals surface area (Å²) in [4.78, 5) is 14.2. The minimum Gasteiger partial charge on any atom is -0.494 e. The molecule has 1 heterocycles. The number of ether oxygens (including phenoxy) is 1. The highest BCUT2D eigenvalue weighted by Crippen LogP contribution is 2.26. The predicted octanol–water partition coefficient (Wildman–Crippen LogP) is 2.19. The molecule has 0 aliphatic rings. The van der Waals surface area contributed by atoms with E-state index in [1.54, 1.807) is 32.0 Å². The zero-order chi connectivity index (χ0) is 16.3. The molecule has 0 atom stereocenters. The Bertz CT molecular complexity index is 841. The molecule has 0 aliphatic carbocycles. The number of H-pyrrole nitrogens is 1. The van der Waals surface area contributed by atoms with Crippen LogP contribution in [0.25, 0.3) is 0 Å². The fourth-order valence-electron chi connectivity index (χ4n) is 2.07. The number of benzene rings is 1. The Hall–Kier alpha value is -2.28. The molecule has 1 aromatic carbocycles. The molecule has 0 saturated carbocycles. The van der Waals surface area contributed by atoms with Gasteiger partial charge in [-0.15, -0.1) is 0 Å². The van der Waals surface area contributed by atoms with E-state index in [9.17, 15) is 13.2 Å². The average molecular weight is 322 g/mol. The van der Waals surface area contributed by atoms with E-state index in [4.69, 9.17) is 4.74 Å². The van der Waals surface area contributed by atoms with Crippen LogP contribution in [0.15, 0.2) is 40.2 Å². The van der Waals surface area contributed by atoms with Crippen LogP contribution >= 0.6 is 0 Å². The molecule has 118 valence electrons. The van der Waals surface area contributed by atoms with Gasteiger partial charge in [0.05, 0.1) is 11.5 Å². The van der Waals surface area contributed by atoms with Crippen molar-refractivity contribution in [2.24, 2.45) is 0 Å². The summed E-state index contributed by atoms with van der Waals surface area (Å²) in [5.41, 5.74) is 0.753. The summed E-state index contributed by atoms with van der Waals surface area (Å²) in [5.74, 6) is 0.650. The molecule has 0 spiro atoms. The number of rotatable bonds is 5. The number of hydrogen-bond donors (Lipinski definition) is 2. The molecule has 0 radical (unpaired) electrons. The molecule has 22 heavy (non-hydrogen) atoms. The molecule has 2 rings (SSSR count). The van der Waals surface area contributed by atoms with Crippen molar-refractivity contribution in [3.63, 3.8) is 0 Å². The first kappa shape index (κ1) is 16.1. The van der Waals surface area contributed by atoms with Gasteiger partial charge in [-0.1, -0.05) is 0 Å². The largest absolute Gasteiger partial charge is 0.494 e. The molecular formula is C15H18N2O4S. The number of anilines is 1. The van der Waals surface area contributed by atoms with E-state index in [2.05, 4.69) is 9.71 Å². The summed E-state index contributed by atoms with van der Waals surface area (Å²) in [7, 11) is -3.85. The summed E-state index contributed by atoms with van der Waals surface area (Å²) in [6, 6.07) is 6.19. The summed E-state index contributed by atoms with van der Waals surface area (Å²) in [6.07, 6.45) is 1.44. The van der Waals surface area contributed by atoms with Crippen molar-refractivity contribution < 1.29 is 13.2 Å². The van der Waals surface area contributed by atoms with Crippen LogP contribution in [0.5, 0.6) is 5.75 Å². The van der Waals surface area contributed by atoms with Gasteiger partial charge in [-0.3, -0.25) is 9.52 Å². The summed E-state index contributed by atoms with van der Waals surface area (Å²) in [6.45, 7) is 5.83. The zero-order valence-corrected chi connectivity index (χ0v) is 13.5. The Morgan fingerprint density at radius 1 is 1.23 bits per heavy atom. The lowest BCUT2D eigenvalue weighted by Crippen LogP contribution is -2.20. The van der Waals surface area contributed by atoms with Crippen LogP contribution in [0.3, 0.4) is 0 Å². The molecule has 2 N–H and O–H groups in total. The molecule has 0 unspecified atom stereocenters. The van der Waals surface area contributed by atoms with Crippen LogP contribution in [0.4, 0.5) is 5.69 Å². The van der Waals surface area contributed by atoms with Crippen LogP contribution in [-0.2, 0) is 10.0 Å². The van der Waals surface area contributed by atoms with Crippen LogP contribution in [0.1, 0.15) is 18.1 Å². The molecule has 2 aromatic rings. The first-order valence-electron chi connectivity index (χ1n) is 6.79. The van der Waals surface area contributed by atoms with Gasteiger partial charge in [0.2, 0.25) is 0 Å². The molecule has 0 saturated heterocycles. The first-order valence-corrected chi connectivity index (χ1v) is 8.28. The molecule has 0 bridgehead atoms. The maximum atomic E-state index is 12.5. The third-order valence-electron chi connectivity index (χ3n) is 3.12. The lowest BCUT2D eigenvalue weighted by Gasteiger charge is -2.13. The Kier molecular flexibility index (Phi) is 4.56. The minimum atomic E-state index is -3.85. The van der Waals surface area contributed by atoms with Crippen LogP contribution < -0.4 is 15.0 Å². The van der Waals surface area contributed by atoms with Gasteiger partial charge in [0.15, 0.2) is 0 Å². The Labute approximate surface area is 129 Å². The number of aromatic nitrogens is 1. The molecule has 1 aromatic heterocycles. The number of pyridine rings is 1. The van der Waals surface area contributed by atoms with E-state index in [-0.39, 0.29) is 10.6 Å². The predicted molar refractivity (Wildman–Crippen MR) is 85.0 cm³/mol. The van der Waals surface area contributed by atoms with Crippen molar-refractivity contribution >= 4 is 15.7 Å². The van der Waals surface area contributed by atoms with Crippen molar-refractivity contribution in [1.29, 1.82) is 0 Å². The Balaban J connectivity index is 2.44. The zero-order valence-electron chi connectivity index (χ0n) is 12.6. The van der Waals surface area contributed by atoms with Crippen molar-refractivity contribution in [3.05, 3.63) is 51.9 Å². The van der Waals surface area contributed by atoms with E-state index in [1.165, 1.54) is 12.3 Å². The van der Waals surface area contributed by atoms with E-state index in [0.29, 0.717) is 17.9 Å². The summed E-state index contributed by atoms with van der Waals surface area (Å²) in [5, 5.41) is 0. The van der Waals surface area contributed by atoms with Crippen molar-refractivity contribution in [2.75, 3.05) is 11.3 Å². The number of aromatic amines is 1. The molecule has 0 fully saturated rings. The second-order valence-electron chi connectivity index (χ2n) is 4.83. The van der Waals surface area contributed by atoms with Gasteiger partial charge in [-0.05, 0) is 56.2 Å². The number of nitrogens with one attached hydrogen (secondary N) is 2. The minimum absolute atomic E-state index is 0.0200. The number of sulfonamides is 1. The van der Waals surface area contributed by atoms with E-state index < -0.39 is 15.6 Å².